The lowest BCUT2D eigenvalue weighted by molar-refractivity contribution is 0.273. The van der Waals surface area contributed by atoms with Crippen molar-refractivity contribution in [3.8, 4) is 5.75 Å². The summed E-state index contributed by atoms with van der Waals surface area (Å²) in [6.45, 7) is 0.311. The van der Waals surface area contributed by atoms with Gasteiger partial charge >= 0.3 is 0 Å². The van der Waals surface area contributed by atoms with Crippen LogP contribution in [0.4, 0.5) is 23.2 Å². The number of rotatable bonds is 2. The Bertz CT molecular complexity index is 715. The molecule has 2 aromatic rings. The van der Waals surface area contributed by atoms with Crippen molar-refractivity contribution in [1.29, 1.82) is 0 Å². The number of nitrogens with one attached hydrogen (secondary N) is 1. The molecule has 3 rings (SSSR count). The average Bonchev–Trinajstić information content (AvgIpc) is 2.50. The quantitative estimate of drug-likeness (QED) is 0.625. The number of ether oxygens (including phenoxy) is 1. The Morgan fingerprint density at radius 2 is 1.82 bits per heavy atom. The van der Waals surface area contributed by atoms with Crippen LogP contribution in [0.15, 0.2) is 22.7 Å². The van der Waals surface area contributed by atoms with Gasteiger partial charge < -0.3 is 10.1 Å². The van der Waals surface area contributed by atoms with E-state index in [-0.39, 0.29) is 0 Å². The van der Waals surface area contributed by atoms with Crippen molar-refractivity contribution >= 4 is 21.6 Å². The van der Waals surface area contributed by atoms with Crippen LogP contribution in [0.5, 0.6) is 5.75 Å². The highest BCUT2D eigenvalue weighted by Gasteiger charge is 2.27. The van der Waals surface area contributed by atoms with Crippen LogP contribution < -0.4 is 10.1 Å². The second kappa shape index (κ2) is 5.75. The summed E-state index contributed by atoms with van der Waals surface area (Å²) < 4.78 is 59.9. The number of pyridine rings is 1. The number of anilines is 1. The monoisotopic (exact) mass is 376 g/mol. The molecule has 0 saturated carbocycles. The molecule has 1 aliphatic heterocycles. The number of nitrogens with zero attached hydrogens (tertiary/aromatic N) is 1. The molecule has 1 aliphatic rings. The Morgan fingerprint density at radius 3 is 2.50 bits per heavy atom. The first kappa shape index (κ1) is 15.1. The molecule has 0 amide bonds. The Kier molecular flexibility index (Phi) is 3.94. The molecule has 1 atom stereocenters. The molecule has 0 fully saturated rings. The van der Waals surface area contributed by atoms with Crippen molar-refractivity contribution in [3.05, 3.63) is 51.8 Å². The van der Waals surface area contributed by atoms with E-state index in [0.717, 1.165) is 4.47 Å². The van der Waals surface area contributed by atoms with Gasteiger partial charge in [0.25, 0.3) is 11.9 Å². The molecule has 1 unspecified atom stereocenters. The molecule has 0 aliphatic carbocycles. The van der Waals surface area contributed by atoms with Crippen LogP contribution in [-0.4, -0.2) is 11.6 Å². The minimum absolute atomic E-state index is 0.311. The van der Waals surface area contributed by atoms with Gasteiger partial charge in [0.1, 0.15) is 11.4 Å². The van der Waals surface area contributed by atoms with Crippen molar-refractivity contribution in [2.75, 3.05) is 11.9 Å². The fourth-order valence-corrected chi connectivity index (χ4v) is 2.68. The fourth-order valence-electron chi connectivity index (χ4n) is 2.30. The summed E-state index contributed by atoms with van der Waals surface area (Å²) in [7, 11) is 0. The van der Waals surface area contributed by atoms with Gasteiger partial charge in [-0.25, -0.2) is 0 Å². The summed E-state index contributed by atoms with van der Waals surface area (Å²) in [6.07, 6.45) is 0.383. The van der Waals surface area contributed by atoms with Crippen molar-refractivity contribution in [2.24, 2.45) is 0 Å². The van der Waals surface area contributed by atoms with Crippen LogP contribution in [-0.2, 0) is 0 Å². The van der Waals surface area contributed by atoms with Gasteiger partial charge in [0, 0.05) is 16.5 Å². The summed E-state index contributed by atoms with van der Waals surface area (Å²) in [5, 5.41) is 2.51. The fraction of sp³-hybridized carbons (Fsp3) is 0.214. The molecule has 0 radical (unpaired) electrons. The lowest BCUT2D eigenvalue weighted by Gasteiger charge is -2.28. The molecule has 1 aromatic carbocycles. The normalized spacial score (nSPS) is 16.9. The summed E-state index contributed by atoms with van der Waals surface area (Å²) in [6, 6.07) is 4.63. The standard InChI is InChI=1S/C14H9BrF4N2O/c15-6-1-2-9-7(5-6)8(3-4-22-9)20-12-10(16)13(18)21-14(19)11(12)17/h1-2,5,8H,3-4H2,(H,20,21). The van der Waals surface area contributed by atoms with E-state index < -0.39 is 35.3 Å². The third-order valence-corrected chi connectivity index (χ3v) is 3.82. The maximum Gasteiger partial charge on any atom is 0.253 e. The third kappa shape index (κ3) is 2.63. The van der Waals surface area contributed by atoms with E-state index in [1.807, 2.05) is 0 Å². The SMILES string of the molecule is Fc1nc(F)c(F)c(NC2CCOc3ccc(Br)cc32)c1F. The summed E-state index contributed by atoms with van der Waals surface area (Å²) in [5.74, 6) is -5.95. The molecule has 3 nitrogen and oxygen atoms in total. The van der Waals surface area contributed by atoms with E-state index in [1.54, 1.807) is 18.2 Å². The van der Waals surface area contributed by atoms with Crippen molar-refractivity contribution < 1.29 is 22.3 Å². The minimum Gasteiger partial charge on any atom is -0.493 e. The number of hydrogen-bond acceptors (Lipinski definition) is 3. The maximum absolute atomic E-state index is 13.7. The van der Waals surface area contributed by atoms with Gasteiger partial charge in [-0.1, -0.05) is 15.9 Å². The first-order valence-electron chi connectivity index (χ1n) is 6.36. The highest BCUT2D eigenvalue weighted by atomic mass is 79.9. The lowest BCUT2D eigenvalue weighted by Crippen LogP contribution is -2.22. The van der Waals surface area contributed by atoms with E-state index in [4.69, 9.17) is 4.74 Å². The maximum atomic E-state index is 13.7. The van der Waals surface area contributed by atoms with E-state index in [0.29, 0.717) is 24.3 Å². The van der Waals surface area contributed by atoms with E-state index >= 15 is 0 Å². The highest BCUT2D eigenvalue weighted by Crippen LogP contribution is 2.37. The molecule has 116 valence electrons. The van der Waals surface area contributed by atoms with Gasteiger partial charge in [0.15, 0.2) is 0 Å². The zero-order valence-corrected chi connectivity index (χ0v) is 12.6. The molecule has 2 heterocycles. The van der Waals surface area contributed by atoms with Crippen LogP contribution in [0.1, 0.15) is 18.0 Å². The molecule has 0 spiro atoms. The molecule has 22 heavy (non-hydrogen) atoms. The van der Waals surface area contributed by atoms with Gasteiger partial charge in [-0.2, -0.15) is 22.5 Å². The molecular weight excluding hydrogens is 368 g/mol. The highest BCUT2D eigenvalue weighted by molar-refractivity contribution is 9.10. The van der Waals surface area contributed by atoms with Gasteiger partial charge in [0.05, 0.1) is 12.6 Å². The predicted octanol–water partition coefficient (Wildman–Crippen LogP) is 4.34. The molecule has 0 saturated heterocycles. The third-order valence-electron chi connectivity index (χ3n) is 3.33. The minimum atomic E-state index is -1.69. The smallest absolute Gasteiger partial charge is 0.253 e. The number of aromatic nitrogens is 1. The largest absolute Gasteiger partial charge is 0.493 e. The summed E-state index contributed by atoms with van der Waals surface area (Å²) in [5.41, 5.74) is -0.236. The Balaban J connectivity index is 2.01. The summed E-state index contributed by atoms with van der Waals surface area (Å²) >= 11 is 3.29. The van der Waals surface area contributed by atoms with E-state index in [1.165, 1.54) is 0 Å². The van der Waals surface area contributed by atoms with Crippen LogP contribution in [0.2, 0.25) is 0 Å². The van der Waals surface area contributed by atoms with Crippen LogP contribution in [0, 0.1) is 23.5 Å². The Morgan fingerprint density at radius 1 is 1.14 bits per heavy atom. The second-order valence-corrected chi connectivity index (χ2v) is 5.63. The predicted molar refractivity (Wildman–Crippen MR) is 74.7 cm³/mol. The summed E-state index contributed by atoms with van der Waals surface area (Å²) in [4.78, 5) is 2.53. The van der Waals surface area contributed by atoms with E-state index in [9.17, 15) is 17.6 Å². The number of fused-ring (bicyclic) bond motifs is 1. The topological polar surface area (TPSA) is 34.2 Å². The number of hydrogen-bond donors (Lipinski definition) is 1. The molecule has 1 aromatic heterocycles. The van der Waals surface area contributed by atoms with Crippen LogP contribution in [0.3, 0.4) is 0 Å². The second-order valence-electron chi connectivity index (χ2n) is 4.71. The zero-order valence-electron chi connectivity index (χ0n) is 11.0. The van der Waals surface area contributed by atoms with Gasteiger partial charge in [-0.15, -0.1) is 0 Å². The zero-order chi connectivity index (χ0) is 15.9. The molecule has 8 heteroatoms. The number of halogens is 5. The molecule has 1 N–H and O–H groups in total. The average molecular weight is 377 g/mol. The Labute approximate surface area is 131 Å². The van der Waals surface area contributed by atoms with Crippen molar-refractivity contribution in [1.82, 2.24) is 4.98 Å². The molecular formula is C14H9BrF4N2O. The van der Waals surface area contributed by atoms with E-state index in [2.05, 4.69) is 26.2 Å². The van der Waals surface area contributed by atoms with Crippen molar-refractivity contribution in [3.63, 3.8) is 0 Å². The lowest BCUT2D eigenvalue weighted by atomic mass is 10.0. The van der Waals surface area contributed by atoms with Gasteiger partial charge in [-0.3, -0.25) is 0 Å². The number of benzene rings is 1. The Hall–Kier alpha value is -1.83. The first-order valence-corrected chi connectivity index (χ1v) is 7.15. The van der Waals surface area contributed by atoms with Crippen molar-refractivity contribution in [2.45, 2.75) is 12.5 Å². The van der Waals surface area contributed by atoms with Crippen LogP contribution in [0.25, 0.3) is 0 Å². The van der Waals surface area contributed by atoms with Gasteiger partial charge in [-0.05, 0) is 18.2 Å². The van der Waals surface area contributed by atoms with Crippen LogP contribution >= 0.6 is 15.9 Å². The first-order chi connectivity index (χ1) is 10.5. The van der Waals surface area contributed by atoms with Gasteiger partial charge in [0.2, 0.25) is 11.6 Å². The molecule has 0 bridgehead atoms.